The molecular formula is C13H18O2. The minimum Gasteiger partial charge on any atom is -0.465 e. The largest absolute Gasteiger partial charge is 0.465 e. The fourth-order valence-electron chi connectivity index (χ4n) is 1.59. The molecule has 0 atom stereocenters. The van der Waals surface area contributed by atoms with Crippen LogP contribution < -0.4 is 0 Å². The molecule has 0 amide bonds. The summed E-state index contributed by atoms with van der Waals surface area (Å²) in [5, 5.41) is 0. The molecule has 0 N–H and O–H groups in total. The highest BCUT2D eigenvalue weighted by atomic mass is 16.5. The Morgan fingerprint density at radius 3 is 2.67 bits per heavy atom. The zero-order valence-corrected chi connectivity index (χ0v) is 9.67. The van der Waals surface area contributed by atoms with E-state index in [0.717, 1.165) is 6.42 Å². The predicted octanol–water partition coefficient (Wildman–Crippen LogP) is 3.12. The number of aryl methyl sites for hydroxylation is 2. The number of esters is 1. The van der Waals surface area contributed by atoms with Crippen molar-refractivity contribution in [1.29, 1.82) is 0 Å². The molecule has 0 aromatic heterocycles. The van der Waals surface area contributed by atoms with Crippen LogP contribution in [0.3, 0.4) is 0 Å². The summed E-state index contributed by atoms with van der Waals surface area (Å²) >= 11 is 0. The molecule has 0 aliphatic heterocycles. The number of rotatable bonds is 4. The van der Waals surface area contributed by atoms with Crippen LogP contribution in [0.4, 0.5) is 0 Å². The molecular weight excluding hydrogens is 188 g/mol. The molecule has 2 heteroatoms. The third-order valence-corrected chi connectivity index (χ3v) is 2.56. The van der Waals surface area contributed by atoms with E-state index in [4.69, 9.17) is 0 Å². The molecule has 1 rings (SSSR count). The van der Waals surface area contributed by atoms with E-state index < -0.39 is 0 Å². The first-order valence-corrected chi connectivity index (χ1v) is 5.37. The number of hydrogen-bond acceptors (Lipinski definition) is 2. The van der Waals surface area contributed by atoms with Crippen LogP contribution in [0, 0.1) is 6.92 Å². The van der Waals surface area contributed by atoms with Gasteiger partial charge in [-0.05, 0) is 43.0 Å². The number of hydrogen-bond donors (Lipinski definition) is 0. The van der Waals surface area contributed by atoms with E-state index in [2.05, 4.69) is 11.7 Å². The molecule has 1 aromatic rings. The van der Waals surface area contributed by atoms with Crippen LogP contribution >= 0.6 is 0 Å². The van der Waals surface area contributed by atoms with Gasteiger partial charge in [0.15, 0.2) is 0 Å². The molecule has 0 heterocycles. The van der Waals surface area contributed by atoms with Gasteiger partial charge in [0.05, 0.1) is 12.7 Å². The van der Waals surface area contributed by atoms with Gasteiger partial charge in [-0.15, -0.1) is 0 Å². The van der Waals surface area contributed by atoms with Crippen LogP contribution in [-0.4, -0.2) is 13.1 Å². The SMILES string of the molecule is CCCCc1ccc(C(=O)OC)cc1C. The van der Waals surface area contributed by atoms with E-state index in [-0.39, 0.29) is 5.97 Å². The lowest BCUT2D eigenvalue weighted by molar-refractivity contribution is 0.0600. The molecule has 0 saturated heterocycles. The number of carbonyl (C=O) groups is 1. The lowest BCUT2D eigenvalue weighted by Crippen LogP contribution is -2.02. The molecule has 0 aliphatic rings. The maximum atomic E-state index is 11.3. The van der Waals surface area contributed by atoms with Crippen LogP contribution in [0.2, 0.25) is 0 Å². The third-order valence-electron chi connectivity index (χ3n) is 2.56. The highest BCUT2D eigenvalue weighted by molar-refractivity contribution is 5.89. The second-order valence-electron chi connectivity index (χ2n) is 3.74. The normalized spacial score (nSPS) is 10.1. The average molecular weight is 206 g/mol. The van der Waals surface area contributed by atoms with Gasteiger partial charge in [0.25, 0.3) is 0 Å². The fraction of sp³-hybridized carbons (Fsp3) is 0.462. The summed E-state index contributed by atoms with van der Waals surface area (Å²) in [4.78, 5) is 11.3. The van der Waals surface area contributed by atoms with E-state index in [0.29, 0.717) is 5.56 Å². The van der Waals surface area contributed by atoms with Crippen LogP contribution in [0.1, 0.15) is 41.3 Å². The van der Waals surface area contributed by atoms with Gasteiger partial charge in [0.2, 0.25) is 0 Å². The minimum absolute atomic E-state index is 0.264. The van der Waals surface area contributed by atoms with Gasteiger partial charge in [-0.25, -0.2) is 4.79 Å². The highest BCUT2D eigenvalue weighted by Crippen LogP contribution is 2.14. The summed E-state index contributed by atoms with van der Waals surface area (Å²) in [5.74, 6) is -0.264. The molecule has 0 fully saturated rings. The summed E-state index contributed by atoms with van der Waals surface area (Å²) in [7, 11) is 1.41. The summed E-state index contributed by atoms with van der Waals surface area (Å²) in [6.45, 7) is 4.22. The maximum absolute atomic E-state index is 11.3. The van der Waals surface area contributed by atoms with Crippen molar-refractivity contribution in [3.8, 4) is 0 Å². The fourth-order valence-corrected chi connectivity index (χ4v) is 1.59. The van der Waals surface area contributed by atoms with Crippen molar-refractivity contribution in [1.82, 2.24) is 0 Å². The topological polar surface area (TPSA) is 26.3 Å². The Morgan fingerprint density at radius 2 is 2.13 bits per heavy atom. The molecule has 82 valence electrons. The quantitative estimate of drug-likeness (QED) is 0.707. The first-order chi connectivity index (χ1) is 7.19. The molecule has 0 bridgehead atoms. The van der Waals surface area contributed by atoms with Gasteiger partial charge < -0.3 is 4.74 Å². The van der Waals surface area contributed by atoms with Gasteiger partial charge in [-0.2, -0.15) is 0 Å². The van der Waals surface area contributed by atoms with Crippen molar-refractivity contribution in [3.05, 3.63) is 34.9 Å². The molecule has 0 spiro atoms. The van der Waals surface area contributed by atoms with Crippen molar-refractivity contribution >= 4 is 5.97 Å². The molecule has 0 unspecified atom stereocenters. The highest BCUT2D eigenvalue weighted by Gasteiger charge is 2.06. The number of carbonyl (C=O) groups excluding carboxylic acids is 1. The average Bonchev–Trinajstić information content (AvgIpc) is 2.26. The van der Waals surface area contributed by atoms with Crippen molar-refractivity contribution in [3.63, 3.8) is 0 Å². The van der Waals surface area contributed by atoms with Crippen molar-refractivity contribution in [2.24, 2.45) is 0 Å². The van der Waals surface area contributed by atoms with Crippen molar-refractivity contribution in [2.45, 2.75) is 33.1 Å². The van der Waals surface area contributed by atoms with Crippen molar-refractivity contribution < 1.29 is 9.53 Å². The summed E-state index contributed by atoms with van der Waals surface area (Å²) in [5.41, 5.74) is 3.13. The first-order valence-electron chi connectivity index (χ1n) is 5.37. The van der Waals surface area contributed by atoms with Crippen LogP contribution in [0.15, 0.2) is 18.2 Å². The van der Waals surface area contributed by atoms with Crippen LogP contribution in [-0.2, 0) is 11.2 Å². The van der Waals surface area contributed by atoms with Crippen molar-refractivity contribution in [2.75, 3.05) is 7.11 Å². The van der Waals surface area contributed by atoms with E-state index in [9.17, 15) is 4.79 Å². The Bertz CT molecular complexity index is 342. The third kappa shape index (κ3) is 3.08. The number of methoxy groups -OCH3 is 1. The number of benzene rings is 1. The zero-order chi connectivity index (χ0) is 11.3. The molecule has 15 heavy (non-hydrogen) atoms. The second-order valence-corrected chi connectivity index (χ2v) is 3.74. The Morgan fingerprint density at radius 1 is 1.40 bits per heavy atom. The Labute approximate surface area is 91.3 Å². The molecule has 0 aliphatic carbocycles. The monoisotopic (exact) mass is 206 g/mol. The minimum atomic E-state index is -0.264. The lowest BCUT2D eigenvalue weighted by atomic mass is 10.0. The van der Waals surface area contributed by atoms with Gasteiger partial charge in [0, 0.05) is 0 Å². The summed E-state index contributed by atoms with van der Waals surface area (Å²) < 4.78 is 4.67. The smallest absolute Gasteiger partial charge is 0.337 e. The Hall–Kier alpha value is -1.31. The van der Waals surface area contributed by atoms with Gasteiger partial charge in [-0.3, -0.25) is 0 Å². The number of ether oxygens (including phenoxy) is 1. The molecule has 0 saturated carbocycles. The van der Waals surface area contributed by atoms with Gasteiger partial charge >= 0.3 is 5.97 Å². The first kappa shape index (κ1) is 11.8. The second kappa shape index (κ2) is 5.54. The Kier molecular flexibility index (Phi) is 4.35. The Balaban J connectivity index is 2.83. The standard InChI is InChI=1S/C13H18O2/c1-4-5-6-11-7-8-12(9-10(11)2)13(14)15-3/h7-9H,4-6H2,1-3H3. The molecule has 0 radical (unpaired) electrons. The number of unbranched alkanes of at least 4 members (excludes halogenated alkanes) is 1. The van der Waals surface area contributed by atoms with E-state index in [1.165, 1.54) is 31.1 Å². The van der Waals surface area contributed by atoms with E-state index in [1.54, 1.807) is 0 Å². The van der Waals surface area contributed by atoms with E-state index >= 15 is 0 Å². The van der Waals surface area contributed by atoms with Gasteiger partial charge in [0.1, 0.15) is 0 Å². The van der Waals surface area contributed by atoms with E-state index in [1.807, 2.05) is 25.1 Å². The zero-order valence-electron chi connectivity index (χ0n) is 9.67. The maximum Gasteiger partial charge on any atom is 0.337 e. The van der Waals surface area contributed by atoms with Crippen LogP contribution in [0.5, 0.6) is 0 Å². The predicted molar refractivity (Wildman–Crippen MR) is 61.1 cm³/mol. The van der Waals surface area contributed by atoms with Gasteiger partial charge in [-0.1, -0.05) is 19.4 Å². The van der Waals surface area contributed by atoms with Crippen LogP contribution in [0.25, 0.3) is 0 Å². The lowest BCUT2D eigenvalue weighted by Gasteiger charge is -2.06. The summed E-state index contributed by atoms with van der Waals surface area (Å²) in [6.07, 6.45) is 3.47. The summed E-state index contributed by atoms with van der Waals surface area (Å²) in [6, 6.07) is 5.76. The molecule has 1 aromatic carbocycles. The molecule has 2 nitrogen and oxygen atoms in total.